The lowest BCUT2D eigenvalue weighted by Crippen LogP contribution is -1.83. The maximum atomic E-state index is 6.33. The highest BCUT2D eigenvalue weighted by molar-refractivity contribution is 6.39. The predicted octanol–water partition coefficient (Wildman–Crippen LogP) is 7.82. The second-order valence-electron chi connectivity index (χ2n) is 6.85. The molecule has 5 rings (SSSR count). The van der Waals surface area contributed by atoms with E-state index in [0.29, 0.717) is 32.3 Å². The Balaban J connectivity index is 1.56. The molecule has 7 heteroatoms. The predicted molar refractivity (Wildman–Crippen MR) is 122 cm³/mol. The summed E-state index contributed by atoms with van der Waals surface area (Å²) in [5.74, 6) is 1.87. The molecular formula is C23H14Cl3N3O. The number of fused-ring (bicyclic) bond motifs is 1. The fraction of sp³-hybridized carbons (Fsp3) is 0.0435. The molecule has 1 N–H and O–H groups in total. The number of nitrogens with zero attached hydrogens (tertiary/aromatic N) is 2. The molecule has 0 bridgehead atoms. The first kappa shape index (κ1) is 19.2. The monoisotopic (exact) mass is 453 g/mol. The van der Waals surface area contributed by atoms with Gasteiger partial charge in [-0.2, -0.15) is 0 Å². The normalized spacial score (nSPS) is 11.3. The summed E-state index contributed by atoms with van der Waals surface area (Å²) in [6.07, 6.45) is 0. The van der Waals surface area contributed by atoms with Crippen LogP contribution < -0.4 is 0 Å². The summed E-state index contributed by atoms with van der Waals surface area (Å²) in [5, 5.41) is 1.76. The van der Waals surface area contributed by atoms with Gasteiger partial charge in [0.1, 0.15) is 5.82 Å². The summed E-state index contributed by atoms with van der Waals surface area (Å²) in [5.41, 5.74) is 4.88. The topological polar surface area (TPSA) is 54.7 Å². The maximum Gasteiger partial charge on any atom is 0.227 e. The van der Waals surface area contributed by atoms with Crippen LogP contribution in [0.3, 0.4) is 0 Å². The molecule has 0 aliphatic heterocycles. The van der Waals surface area contributed by atoms with Crippen molar-refractivity contribution in [2.24, 2.45) is 0 Å². The van der Waals surface area contributed by atoms with Crippen LogP contribution in [-0.4, -0.2) is 15.0 Å². The molecule has 148 valence electrons. The smallest absolute Gasteiger partial charge is 0.227 e. The molecule has 0 saturated carbocycles. The largest absolute Gasteiger partial charge is 0.436 e. The van der Waals surface area contributed by atoms with Crippen molar-refractivity contribution in [1.29, 1.82) is 0 Å². The molecule has 0 atom stereocenters. The van der Waals surface area contributed by atoms with E-state index in [2.05, 4.69) is 15.0 Å². The minimum absolute atomic E-state index is 0.534. The Labute approximate surface area is 187 Å². The van der Waals surface area contributed by atoms with E-state index in [1.165, 1.54) is 0 Å². The number of aromatic nitrogens is 3. The summed E-state index contributed by atoms with van der Waals surface area (Å²) < 4.78 is 6.07. The lowest BCUT2D eigenvalue weighted by molar-refractivity contribution is 0.588. The van der Waals surface area contributed by atoms with E-state index in [1.54, 1.807) is 18.2 Å². The van der Waals surface area contributed by atoms with Gasteiger partial charge < -0.3 is 9.40 Å². The van der Waals surface area contributed by atoms with Gasteiger partial charge in [-0.25, -0.2) is 9.97 Å². The summed E-state index contributed by atoms with van der Waals surface area (Å²) in [4.78, 5) is 12.5. The number of imidazole rings is 1. The number of nitrogens with one attached hydrogen (secondary N) is 1. The van der Waals surface area contributed by atoms with Crippen LogP contribution in [0, 0.1) is 6.92 Å². The van der Waals surface area contributed by atoms with Crippen LogP contribution in [0.15, 0.2) is 65.1 Å². The maximum absolute atomic E-state index is 6.33. The second-order valence-corrected chi connectivity index (χ2v) is 8.11. The standard InChI is InChI=1S/C23H14Cl3N3O/c1-12-21(13-5-8-15(24)9-6-13)30-23(27-12)14-7-10-18-19(11-14)29-22(28-18)20-16(25)3-2-4-17(20)26/h2-11H,1H3,(H,28,29). The fourth-order valence-corrected chi connectivity index (χ4v) is 4.08. The van der Waals surface area contributed by atoms with Crippen LogP contribution in [0.2, 0.25) is 15.1 Å². The molecule has 4 nitrogen and oxygen atoms in total. The number of benzene rings is 3. The van der Waals surface area contributed by atoms with Gasteiger partial charge in [0, 0.05) is 16.1 Å². The Kier molecular flexibility index (Phi) is 4.78. The summed E-state index contributed by atoms with van der Waals surface area (Å²) >= 11 is 18.6. The van der Waals surface area contributed by atoms with Crippen molar-refractivity contribution < 1.29 is 4.42 Å². The van der Waals surface area contributed by atoms with Gasteiger partial charge >= 0.3 is 0 Å². The summed E-state index contributed by atoms with van der Waals surface area (Å²) in [6, 6.07) is 18.7. The quantitative estimate of drug-likeness (QED) is 0.302. The van der Waals surface area contributed by atoms with Gasteiger partial charge in [0.05, 0.1) is 32.3 Å². The van der Waals surface area contributed by atoms with E-state index < -0.39 is 0 Å². The highest BCUT2D eigenvalue weighted by Crippen LogP contribution is 2.35. The van der Waals surface area contributed by atoms with Crippen LogP contribution in [0.25, 0.3) is 45.2 Å². The molecule has 0 saturated heterocycles. The molecule has 0 aliphatic rings. The van der Waals surface area contributed by atoms with Crippen molar-refractivity contribution in [2.75, 3.05) is 0 Å². The summed E-state index contributed by atoms with van der Waals surface area (Å²) in [6.45, 7) is 1.92. The van der Waals surface area contributed by atoms with Crippen molar-refractivity contribution in [2.45, 2.75) is 6.92 Å². The van der Waals surface area contributed by atoms with Crippen LogP contribution in [0.5, 0.6) is 0 Å². The number of aryl methyl sites for hydroxylation is 1. The Bertz CT molecular complexity index is 1370. The molecule has 0 radical (unpaired) electrons. The molecule has 3 aromatic carbocycles. The first-order valence-corrected chi connectivity index (χ1v) is 10.3. The van der Waals surface area contributed by atoms with Gasteiger partial charge in [-0.3, -0.25) is 0 Å². The van der Waals surface area contributed by atoms with Crippen LogP contribution in [-0.2, 0) is 0 Å². The first-order chi connectivity index (χ1) is 14.5. The van der Waals surface area contributed by atoms with Crippen molar-refractivity contribution >= 4 is 45.8 Å². The van der Waals surface area contributed by atoms with Crippen LogP contribution in [0.4, 0.5) is 0 Å². The van der Waals surface area contributed by atoms with E-state index in [9.17, 15) is 0 Å². The average molecular weight is 455 g/mol. The SMILES string of the molecule is Cc1nc(-c2ccc3nc(-c4c(Cl)cccc4Cl)[nH]c3c2)oc1-c1ccc(Cl)cc1. The van der Waals surface area contributed by atoms with Gasteiger partial charge in [0.2, 0.25) is 5.89 Å². The number of oxazole rings is 1. The van der Waals surface area contributed by atoms with Gasteiger partial charge in [0.15, 0.2) is 5.76 Å². The van der Waals surface area contributed by atoms with Gasteiger partial charge in [-0.15, -0.1) is 0 Å². The minimum Gasteiger partial charge on any atom is -0.436 e. The Morgan fingerprint density at radius 1 is 0.833 bits per heavy atom. The third kappa shape index (κ3) is 3.37. The van der Waals surface area contributed by atoms with Gasteiger partial charge in [0.25, 0.3) is 0 Å². The minimum atomic E-state index is 0.534. The number of H-pyrrole nitrogens is 1. The summed E-state index contributed by atoms with van der Waals surface area (Å²) in [7, 11) is 0. The molecular weight excluding hydrogens is 441 g/mol. The molecule has 0 aliphatic carbocycles. The Morgan fingerprint density at radius 2 is 1.53 bits per heavy atom. The molecule has 0 amide bonds. The molecule has 0 fully saturated rings. The molecule has 30 heavy (non-hydrogen) atoms. The zero-order chi connectivity index (χ0) is 20.8. The van der Waals surface area contributed by atoms with Crippen LogP contribution >= 0.6 is 34.8 Å². The number of halogens is 3. The third-order valence-corrected chi connectivity index (χ3v) is 5.71. The van der Waals surface area contributed by atoms with Crippen molar-refractivity contribution in [3.05, 3.63) is 81.4 Å². The number of rotatable bonds is 3. The first-order valence-electron chi connectivity index (χ1n) is 9.17. The lowest BCUT2D eigenvalue weighted by Gasteiger charge is -2.02. The molecule has 2 heterocycles. The van der Waals surface area contributed by atoms with Crippen LogP contribution in [0.1, 0.15) is 5.69 Å². The highest BCUT2D eigenvalue weighted by Gasteiger charge is 2.16. The zero-order valence-electron chi connectivity index (χ0n) is 15.7. The highest BCUT2D eigenvalue weighted by atomic mass is 35.5. The van der Waals surface area contributed by atoms with Crippen molar-refractivity contribution in [1.82, 2.24) is 15.0 Å². The van der Waals surface area contributed by atoms with Gasteiger partial charge in [-0.05, 0) is 61.5 Å². The fourth-order valence-electron chi connectivity index (χ4n) is 3.37. The van der Waals surface area contributed by atoms with Crippen molar-refractivity contribution in [3.8, 4) is 34.2 Å². The van der Waals surface area contributed by atoms with E-state index in [0.717, 1.165) is 33.6 Å². The number of aromatic amines is 1. The number of hydrogen-bond acceptors (Lipinski definition) is 3. The molecule has 2 aromatic heterocycles. The van der Waals surface area contributed by atoms with E-state index >= 15 is 0 Å². The van der Waals surface area contributed by atoms with Gasteiger partial charge in [-0.1, -0.05) is 40.9 Å². The molecule has 0 unspecified atom stereocenters. The zero-order valence-corrected chi connectivity index (χ0v) is 18.0. The Hall–Kier alpha value is -2.79. The molecule has 5 aromatic rings. The van der Waals surface area contributed by atoms with E-state index in [4.69, 9.17) is 39.2 Å². The van der Waals surface area contributed by atoms with E-state index in [1.807, 2.05) is 49.4 Å². The average Bonchev–Trinajstić information content (AvgIpc) is 3.31. The lowest BCUT2D eigenvalue weighted by atomic mass is 10.1. The third-order valence-electron chi connectivity index (χ3n) is 4.83. The Morgan fingerprint density at radius 3 is 2.27 bits per heavy atom. The van der Waals surface area contributed by atoms with E-state index in [-0.39, 0.29) is 0 Å². The second kappa shape index (κ2) is 7.47. The molecule has 0 spiro atoms. The number of hydrogen-bond donors (Lipinski definition) is 1. The van der Waals surface area contributed by atoms with Crippen molar-refractivity contribution in [3.63, 3.8) is 0 Å².